The van der Waals surface area contributed by atoms with Crippen LogP contribution in [0.25, 0.3) is 0 Å². The average molecular weight is 505 g/mol. The van der Waals surface area contributed by atoms with E-state index in [9.17, 15) is 34.5 Å². The fourth-order valence-corrected chi connectivity index (χ4v) is 3.32. The predicted octanol–water partition coefficient (Wildman–Crippen LogP) is -1.58. The van der Waals surface area contributed by atoms with Gasteiger partial charge in [0.1, 0.15) is 23.9 Å². The SMILES string of the molecule is CC(C)C(NC(=O)C(CO)NC(=O)C(Cc1ccc(O)cc1)NC(=O)C(N)Cc1cnc[nH]1)C(=O)O. The number of aromatic nitrogens is 2. The number of aliphatic carboxylic acids is 1. The van der Waals surface area contributed by atoms with Crippen LogP contribution in [0.5, 0.6) is 5.75 Å². The minimum atomic E-state index is -1.46. The van der Waals surface area contributed by atoms with Gasteiger partial charge in [0.15, 0.2) is 0 Å². The summed E-state index contributed by atoms with van der Waals surface area (Å²) < 4.78 is 0. The lowest BCUT2D eigenvalue weighted by molar-refractivity contribution is -0.143. The van der Waals surface area contributed by atoms with E-state index in [1.807, 2.05) is 0 Å². The van der Waals surface area contributed by atoms with Gasteiger partial charge >= 0.3 is 5.97 Å². The van der Waals surface area contributed by atoms with Crippen molar-refractivity contribution in [3.8, 4) is 5.75 Å². The zero-order valence-corrected chi connectivity index (χ0v) is 20.0. The first-order chi connectivity index (χ1) is 17.0. The van der Waals surface area contributed by atoms with Crippen molar-refractivity contribution >= 4 is 23.7 Å². The summed E-state index contributed by atoms with van der Waals surface area (Å²) >= 11 is 0. The van der Waals surface area contributed by atoms with Crippen LogP contribution in [0.3, 0.4) is 0 Å². The van der Waals surface area contributed by atoms with Crippen LogP contribution in [0.15, 0.2) is 36.8 Å². The van der Waals surface area contributed by atoms with E-state index in [2.05, 4.69) is 25.9 Å². The minimum Gasteiger partial charge on any atom is -0.508 e. The highest BCUT2D eigenvalue weighted by atomic mass is 16.4. The number of phenolic OH excluding ortho intramolecular Hbond substituents is 1. The number of aromatic hydroxyl groups is 1. The molecular formula is C23H32N6O7. The maximum Gasteiger partial charge on any atom is 0.326 e. The maximum atomic E-state index is 13.1. The molecule has 1 aromatic carbocycles. The maximum absolute atomic E-state index is 13.1. The number of hydrogen-bond donors (Lipinski definition) is 8. The van der Waals surface area contributed by atoms with Gasteiger partial charge in [-0.1, -0.05) is 26.0 Å². The highest BCUT2D eigenvalue weighted by molar-refractivity contribution is 5.94. The number of carboxylic acids is 1. The van der Waals surface area contributed by atoms with Gasteiger partial charge in [-0.15, -0.1) is 0 Å². The Hall–Kier alpha value is -3.97. The number of nitrogens with two attached hydrogens (primary N) is 1. The van der Waals surface area contributed by atoms with Gasteiger partial charge in [-0.05, 0) is 23.6 Å². The molecule has 0 radical (unpaired) electrons. The zero-order valence-electron chi connectivity index (χ0n) is 20.0. The quantitative estimate of drug-likeness (QED) is 0.157. The van der Waals surface area contributed by atoms with Gasteiger partial charge in [-0.2, -0.15) is 0 Å². The molecule has 0 aliphatic carbocycles. The number of aliphatic hydroxyl groups is 1. The summed E-state index contributed by atoms with van der Waals surface area (Å²) in [6.07, 6.45) is 3.07. The molecule has 13 nitrogen and oxygen atoms in total. The Kier molecular flexibility index (Phi) is 10.4. The number of benzene rings is 1. The zero-order chi connectivity index (χ0) is 26.8. The number of H-pyrrole nitrogens is 1. The number of nitrogens with one attached hydrogen (secondary N) is 4. The first-order valence-corrected chi connectivity index (χ1v) is 11.3. The molecular weight excluding hydrogens is 472 g/mol. The smallest absolute Gasteiger partial charge is 0.326 e. The van der Waals surface area contributed by atoms with Gasteiger partial charge in [0, 0.05) is 24.7 Å². The number of aromatic amines is 1. The number of carboxylic acid groups (broad SMARTS) is 1. The minimum absolute atomic E-state index is 0.0144. The van der Waals surface area contributed by atoms with E-state index in [1.54, 1.807) is 26.0 Å². The Labute approximate surface area is 207 Å². The van der Waals surface area contributed by atoms with Gasteiger partial charge in [-0.25, -0.2) is 9.78 Å². The molecule has 0 saturated heterocycles. The molecule has 3 amide bonds. The number of carbonyl (C=O) groups excluding carboxylic acids is 3. The first kappa shape index (κ1) is 28.3. The van der Waals surface area contributed by atoms with Crippen LogP contribution in [-0.4, -0.2) is 79.8 Å². The molecule has 36 heavy (non-hydrogen) atoms. The highest BCUT2D eigenvalue weighted by Gasteiger charge is 2.31. The summed E-state index contributed by atoms with van der Waals surface area (Å²) in [6.45, 7) is 2.39. The summed E-state index contributed by atoms with van der Waals surface area (Å²) in [7, 11) is 0. The van der Waals surface area contributed by atoms with Crippen LogP contribution in [0.1, 0.15) is 25.1 Å². The number of amides is 3. The van der Waals surface area contributed by atoms with E-state index in [-0.39, 0.29) is 18.6 Å². The largest absolute Gasteiger partial charge is 0.508 e. The van der Waals surface area contributed by atoms with E-state index >= 15 is 0 Å². The van der Waals surface area contributed by atoms with Gasteiger partial charge in [0.2, 0.25) is 17.7 Å². The molecule has 9 N–H and O–H groups in total. The number of aliphatic hydroxyl groups excluding tert-OH is 1. The van der Waals surface area contributed by atoms with Gasteiger partial charge < -0.3 is 42.0 Å². The van der Waals surface area contributed by atoms with Crippen LogP contribution >= 0.6 is 0 Å². The Bertz CT molecular complexity index is 1030. The van der Waals surface area contributed by atoms with Crippen molar-refractivity contribution < 1.29 is 34.5 Å². The Morgan fingerprint density at radius 1 is 0.972 bits per heavy atom. The summed E-state index contributed by atoms with van der Waals surface area (Å²) in [5, 5.41) is 35.7. The summed E-state index contributed by atoms with van der Waals surface area (Å²) in [4.78, 5) is 56.5. The topological polar surface area (TPSA) is 220 Å². The Balaban J connectivity index is 2.15. The monoisotopic (exact) mass is 504 g/mol. The van der Waals surface area contributed by atoms with Crippen LogP contribution < -0.4 is 21.7 Å². The lowest BCUT2D eigenvalue weighted by Gasteiger charge is -2.25. The van der Waals surface area contributed by atoms with Crippen LogP contribution in [0.4, 0.5) is 0 Å². The fourth-order valence-electron chi connectivity index (χ4n) is 3.32. The summed E-state index contributed by atoms with van der Waals surface area (Å²) in [5.41, 5.74) is 7.18. The normalized spacial score (nSPS) is 14.4. The number of rotatable bonds is 13. The van der Waals surface area contributed by atoms with E-state index < -0.39 is 60.4 Å². The Morgan fingerprint density at radius 2 is 1.58 bits per heavy atom. The fraction of sp³-hybridized carbons (Fsp3) is 0.435. The van der Waals surface area contributed by atoms with E-state index in [0.29, 0.717) is 11.3 Å². The van der Waals surface area contributed by atoms with Crippen molar-refractivity contribution in [2.24, 2.45) is 11.7 Å². The van der Waals surface area contributed by atoms with Crippen molar-refractivity contribution in [1.82, 2.24) is 25.9 Å². The van der Waals surface area contributed by atoms with Gasteiger partial charge in [0.25, 0.3) is 0 Å². The van der Waals surface area contributed by atoms with Crippen molar-refractivity contribution in [3.63, 3.8) is 0 Å². The highest BCUT2D eigenvalue weighted by Crippen LogP contribution is 2.12. The molecule has 0 aliphatic rings. The molecule has 2 rings (SSSR count). The number of carbonyl (C=O) groups is 4. The molecule has 196 valence electrons. The second kappa shape index (κ2) is 13.2. The van der Waals surface area contributed by atoms with E-state index in [4.69, 9.17) is 5.73 Å². The van der Waals surface area contributed by atoms with Crippen LogP contribution in [-0.2, 0) is 32.0 Å². The Morgan fingerprint density at radius 3 is 2.11 bits per heavy atom. The van der Waals surface area contributed by atoms with E-state index in [0.717, 1.165) is 0 Å². The molecule has 0 fully saturated rings. The van der Waals surface area contributed by atoms with Crippen LogP contribution in [0, 0.1) is 5.92 Å². The lowest BCUT2D eigenvalue weighted by Crippen LogP contribution is -2.59. The average Bonchev–Trinajstić information content (AvgIpc) is 3.34. The molecule has 0 aliphatic heterocycles. The first-order valence-electron chi connectivity index (χ1n) is 11.3. The molecule has 1 aromatic heterocycles. The number of hydrogen-bond acceptors (Lipinski definition) is 8. The third kappa shape index (κ3) is 8.36. The van der Waals surface area contributed by atoms with Gasteiger partial charge in [-0.3, -0.25) is 14.4 Å². The summed E-state index contributed by atoms with van der Waals surface area (Å²) in [6, 6.07) is 1.05. The number of imidazole rings is 1. The molecule has 4 atom stereocenters. The lowest BCUT2D eigenvalue weighted by atomic mass is 10.0. The molecule has 0 spiro atoms. The standard InChI is InChI=1S/C23H32N6O7/c1-12(2)19(23(35)36)29-22(34)18(10-30)28-21(33)17(7-13-3-5-15(31)6-4-13)27-20(32)16(24)8-14-9-25-11-26-14/h3-6,9,11-12,16-19,30-31H,7-8,10,24H2,1-2H3,(H,25,26)(H,27,32)(H,28,33)(H,29,34)(H,35,36). The summed E-state index contributed by atoms with van der Waals surface area (Å²) in [5.74, 6) is -4.02. The molecule has 0 bridgehead atoms. The van der Waals surface area contributed by atoms with Crippen LogP contribution in [0.2, 0.25) is 0 Å². The van der Waals surface area contributed by atoms with Crippen molar-refractivity contribution in [3.05, 3.63) is 48.0 Å². The molecule has 1 heterocycles. The second-order valence-electron chi connectivity index (χ2n) is 8.63. The molecule has 13 heteroatoms. The molecule has 2 aromatic rings. The predicted molar refractivity (Wildman–Crippen MR) is 127 cm³/mol. The van der Waals surface area contributed by atoms with Crippen molar-refractivity contribution in [1.29, 1.82) is 0 Å². The third-order valence-corrected chi connectivity index (χ3v) is 5.39. The van der Waals surface area contributed by atoms with Crippen molar-refractivity contribution in [2.75, 3.05) is 6.61 Å². The second-order valence-corrected chi connectivity index (χ2v) is 8.63. The van der Waals surface area contributed by atoms with E-state index in [1.165, 1.54) is 24.7 Å². The molecule has 4 unspecified atom stereocenters. The van der Waals surface area contributed by atoms with Gasteiger partial charge in [0.05, 0.1) is 19.0 Å². The third-order valence-electron chi connectivity index (χ3n) is 5.39. The molecule has 0 saturated carbocycles. The van der Waals surface area contributed by atoms with Crippen molar-refractivity contribution in [2.45, 2.75) is 50.9 Å². The number of nitrogens with zero attached hydrogens (tertiary/aromatic N) is 1. The number of phenols is 1.